The second kappa shape index (κ2) is 7.10. The van der Waals surface area contributed by atoms with Gasteiger partial charge in [-0.25, -0.2) is 9.48 Å². The van der Waals surface area contributed by atoms with Crippen molar-refractivity contribution in [1.29, 1.82) is 0 Å². The van der Waals surface area contributed by atoms with E-state index in [4.69, 9.17) is 11.6 Å². The molecule has 0 radical (unpaired) electrons. The fourth-order valence-corrected chi connectivity index (χ4v) is 2.96. The lowest BCUT2D eigenvalue weighted by molar-refractivity contribution is -0.119. The van der Waals surface area contributed by atoms with Gasteiger partial charge in [-0.1, -0.05) is 11.6 Å². The molecule has 2 aromatic rings. The van der Waals surface area contributed by atoms with Crippen molar-refractivity contribution in [2.75, 3.05) is 38.1 Å². The Kier molecular flexibility index (Phi) is 4.89. The zero-order valence-electron chi connectivity index (χ0n) is 14.1. The van der Waals surface area contributed by atoms with E-state index >= 15 is 0 Å². The second-order valence-corrected chi connectivity index (χ2v) is 6.08. The van der Waals surface area contributed by atoms with E-state index in [1.807, 2.05) is 13.0 Å². The van der Waals surface area contributed by atoms with Crippen molar-refractivity contribution in [3.63, 3.8) is 0 Å². The van der Waals surface area contributed by atoms with Crippen LogP contribution in [-0.2, 0) is 4.79 Å². The summed E-state index contributed by atoms with van der Waals surface area (Å²) in [4.78, 5) is 33.4. The molecule has 0 bridgehead atoms. The topological polar surface area (TPSA) is 74.6 Å². The first-order valence-corrected chi connectivity index (χ1v) is 8.35. The van der Waals surface area contributed by atoms with Gasteiger partial charge in [-0.3, -0.25) is 9.78 Å². The Morgan fingerprint density at radius 3 is 2.80 bits per heavy atom. The number of rotatable bonds is 5. The van der Waals surface area contributed by atoms with Crippen molar-refractivity contribution in [3.05, 3.63) is 35.9 Å². The Hall–Kier alpha value is -2.61. The highest BCUT2D eigenvalue weighted by Gasteiger charge is 2.29. The molecular formula is C16H19ClN6O2. The molecule has 1 fully saturated rings. The summed E-state index contributed by atoms with van der Waals surface area (Å²) < 4.78 is 1.58. The minimum absolute atomic E-state index is 0.0193. The molecular weight excluding hydrogens is 344 g/mol. The van der Waals surface area contributed by atoms with Crippen LogP contribution in [0.5, 0.6) is 0 Å². The fourth-order valence-electron chi connectivity index (χ4n) is 2.73. The predicted molar refractivity (Wildman–Crippen MR) is 94.0 cm³/mol. The smallest absolute Gasteiger partial charge is 0.320 e. The van der Waals surface area contributed by atoms with Gasteiger partial charge in [-0.05, 0) is 19.1 Å². The molecule has 25 heavy (non-hydrogen) atoms. The van der Waals surface area contributed by atoms with Crippen LogP contribution in [-0.4, -0.2) is 69.7 Å². The zero-order chi connectivity index (χ0) is 18.0. The van der Waals surface area contributed by atoms with Crippen LogP contribution in [0.1, 0.15) is 6.92 Å². The van der Waals surface area contributed by atoms with Crippen LogP contribution in [0.4, 0.5) is 10.5 Å². The molecule has 3 amide bonds. The quantitative estimate of drug-likeness (QED) is 0.810. The van der Waals surface area contributed by atoms with Gasteiger partial charge in [0.05, 0.1) is 18.1 Å². The minimum atomic E-state index is -0.196. The third-order valence-corrected chi connectivity index (χ3v) is 4.37. The molecule has 9 heteroatoms. The minimum Gasteiger partial charge on any atom is -0.326 e. The van der Waals surface area contributed by atoms with Gasteiger partial charge in [-0.15, -0.1) is 0 Å². The lowest BCUT2D eigenvalue weighted by Crippen LogP contribution is -2.42. The molecule has 3 heterocycles. The maximum atomic E-state index is 12.7. The largest absolute Gasteiger partial charge is 0.326 e. The first kappa shape index (κ1) is 17.2. The summed E-state index contributed by atoms with van der Waals surface area (Å²) in [5.74, 6) is -0.196. The number of pyridine rings is 1. The molecule has 1 aliphatic rings. The first-order valence-electron chi connectivity index (χ1n) is 7.97. The molecule has 132 valence electrons. The molecule has 0 unspecified atom stereocenters. The van der Waals surface area contributed by atoms with Gasteiger partial charge in [0.2, 0.25) is 5.91 Å². The van der Waals surface area contributed by atoms with Crippen LogP contribution < -0.4 is 4.90 Å². The highest BCUT2D eigenvalue weighted by Crippen LogP contribution is 2.26. The lowest BCUT2D eigenvalue weighted by Gasteiger charge is -2.23. The molecule has 0 atom stereocenters. The van der Waals surface area contributed by atoms with Crippen molar-refractivity contribution in [3.8, 4) is 5.69 Å². The number of aromatic nitrogens is 3. The van der Waals surface area contributed by atoms with Crippen molar-refractivity contribution in [2.24, 2.45) is 0 Å². The van der Waals surface area contributed by atoms with Crippen molar-refractivity contribution >= 4 is 29.2 Å². The van der Waals surface area contributed by atoms with Crippen molar-refractivity contribution in [1.82, 2.24) is 24.6 Å². The number of hydrogen-bond acceptors (Lipinski definition) is 4. The number of likely N-dealkylation sites (N-methyl/N-ethyl adjacent to an activating group) is 2. The summed E-state index contributed by atoms with van der Waals surface area (Å²) in [6.07, 6.45) is 5.02. The third kappa shape index (κ3) is 3.43. The van der Waals surface area contributed by atoms with Gasteiger partial charge in [-0.2, -0.15) is 5.10 Å². The van der Waals surface area contributed by atoms with E-state index in [1.165, 1.54) is 9.80 Å². The van der Waals surface area contributed by atoms with E-state index in [9.17, 15) is 9.59 Å². The molecule has 0 aromatic carbocycles. The van der Waals surface area contributed by atoms with Crippen molar-refractivity contribution in [2.45, 2.75) is 6.92 Å². The number of hydrogen-bond donors (Lipinski definition) is 0. The van der Waals surface area contributed by atoms with Crippen LogP contribution in [0.3, 0.4) is 0 Å². The molecule has 8 nitrogen and oxygen atoms in total. The molecule has 2 aromatic heterocycles. The summed E-state index contributed by atoms with van der Waals surface area (Å²) in [6, 6.07) is 3.50. The molecule has 0 spiro atoms. The van der Waals surface area contributed by atoms with Crippen molar-refractivity contribution < 1.29 is 9.59 Å². The summed E-state index contributed by atoms with van der Waals surface area (Å²) in [5, 5.41) is 4.48. The first-order chi connectivity index (χ1) is 12.0. The predicted octanol–water partition coefficient (Wildman–Crippen LogP) is 1.64. The van der Waals surface area contributed by atoms with Gasteiger partial charge in [0.15, 0.2) is 5.15 Å². The lowest BCUT2D eigenvalue weighted by atomic mass is 10.3. The number of urea groups is 1. The monoisotopic (exact) mass is 362 g/mol. The van der Waals surface area contributed by atoms with E-state index in [2.05, 4.69) is 10.1 Å². The number of halogens is 1. The Morgan fingerprint density at radius 1 is 1.40 bits per heavy atom. The van der Waals surface area contributed by atoms with Crippen LogP contribution in [0.25, 0.3) is 5.69 Å². The Labute approximate surface area is 150 Å². The zero-order valence-corrected chi connectivity index (χ0v) is 14.8. The third-order valence-electron chi connectivity index (χ3n) is 4.10. The molecule has 3 rings (SSSR count). The van der Waals surface area contributed by atoms with Gasteiger partial charge in [0, 0.05) is 32.9 Å². The highest BCUT2D eigenvalue weighted by molar-refractivity contribution is 6.32. The molecule has 1 saturated heterocycles. The summed E-state index contributed by atoms with van der Waals surface area (Å²) >= 11 is 6.25. The van der Waals surface area contributed by atoms with Gasteiger partial charge in [0.25, 0.3) is 0 Å². The Morgan fingerprint density at radius 2 is 2.20 bits per heavy atom. The number of carbonyl (C=O) groups excluding carboxylic acids is 2. The van der Waals surface area contributed by atoms with E-state index in [0.29, 0.717) is 25.3 Å². The normalized spacial score (nSPS) is 14.3. The van der Waals surface area contributed by atoms with E-state index in [-0.39, 0.29) is 23.6 Å². The molecule has 0 N–H and O–H groups in total. The highest BCUT2D eigenvalue weighted by atomic mass is 35.5. The second-order valence-electron chi connectivity index (χ2n) is 5.72. The van der Waals surface area contributed by atoms with Crippen LogP contribution in [0.15, 0.2) is 30.7 Å². The molecule has 1 aliphatic heterocycles. The Bertz CT molecular complexity index is 778. The van der Waals surface area contributed by atoms with Gasteiger partial charge >= 0.3 is 6.03 Å². The maximum Gasteiger partial charge on any atom is 0.320 e. The SMILES string of the molecule is CCN(C(=O)CN1CCN(C)C1=O)c1cn(-c2cccnc2)nc1Cl. The number of carbonyl (C=O) groups is 2. The average molecular weight is 363 g/mol. The van der Waals surface area contributed by atoms with E-state index in [0.717, 1.165) is 5.69 Å². The molecule has 0 saturated carbocycles. The summed E-state index contributed by atoms with van der Waals surface area (Å²) in [7, 11) is 1.72. The summed E-state index contributed by atoms with van der Waals surface area (Å²) in [6.45, 7) is 3.47. The Balaban J connectivity index is 1.80. The van der Waals surface area contributed by atoms with E-state index < -0.39 is 0 Å². The van der Waals surface area contributed by atoms with Gasteiger partial charge < -0.3 is 14.7 Å². The number of amides is 3. The van der Waals surface area contributed by atoms with Crippen LogP contribution in [0, 0.1) is 0 Å². The van der Waals surface area contributed by atoms with Crippen LogP contribution in [0.2, 0.25) is 5.15 Å². The van der Waals surface area contributed by atoms with Gasteiger partial charge in [0.1, 0.15) is 12.2 Å². The molecule has 0 aliphatic carbocycles. The maximum absolute atomic E-state index is 12.7. The van der Waals surface area contributed by atoms with E-state index in [1.54, 1.807) is 41.3 Å². The average Bonchev–Trinajstić information content (AvgIpc) is 3.14. The standard InChI is InChI=1S/C16H19ClN6O2/c1-3-22(14(24)11-21-8-7-20(2)16(21)25)13-10-23(19-15(13)17)12-5-4-6-18-9-12/h4-6,9-10H,3,7-8,11H2,1-2H3. The fraction of sp³-hybridized carbons (Fsp3) is 0.375. The number of anilines is 1. The number of nitrogens with zero attached hydrogens (tertiary/aromatic N) is 6. The van der Waals surface area contributed by atoms with Crippen LogP contribution >= 0.6 is 11.6 Å². The summed E-state index contributed by atoms with van der Waals surface area (Å²) in [5.41, 5.74) is 1.26.